The van der Waals surface area contributed by atoms with Crippen molar-refractivity contribution >= 4 is 10.0 Å². The van der Waals surface area contributed by atoms with Crippen molar-refractivity contribution in [1.29, 1.82) is 0 Å². The van der Waals surface area contributed by atoms with E-state index >= 15 is 0 Å². The summed E-state index contributed by atoms with van der Waals surface area (Å²) in [5, 5.41) is 0. The summed E-state index contributed by atoms with van der Waals surface area (Å²) >= 11 is 0. The number of nitrogens with one attached hydrogen (secondary N) is 1. The van der Waals surface area contributed by atoms with Gasteiger partial charge in [0, 0.05) is 30.6 Å². The van der Waals surface area contributed by atoms with Crippen LogP contribution in [0.5, 0.6) is 0 Å². The monoisotopic (exact) mass is 309 g/mol. The molecule has 1 saturated heterocycles. The second-order valence-corrected chi connectivity index (χ2v) is 6.59. The van der Waals surface area contributed by atoms with Crippen LogP contribution in [0.4, 0.5) is 0 Å². The molecule has 0 saturated carbocycles. The Morgan fingerprint density at radius 3 is 3.05 bits per heavy atom. The van der Waals surface area contributed by atoms with Crippen LogP contribution in [0, 0.1) is 11.8 Å². The third kappa shape index (κ3) is 4.25. The van der Waals surface area contributed by atoms with Gasteiger partial charge in [0.05, 0.1) is 12.6 Å². The third-order valence-corrected chi connectivity index (χ3v) is 4.75. The minimum absolute atomic E-state index is 0.0760. The van der Waals surface area contributed by atoms with Crippen LogP contribution in [0.15, 0.2) is 23.4 Å². The van der Waals surface area contributed by atoms with Crippen molar-refractivity contribution in [2.24, 2.45) is 5.73 Å². The second kappa shape index (κ2) is 7.00. The molecule has 6 nitrogen and oxygen atoms in total. The number of rotatable bonds is 4. The van der Waals surface area contributed by atoms with Gasteiger partial charge in [-0.1, -0.05) is 11.8 Å². The van der Waals surface area contributed by atoms with Gasteiger partial charge in [-0.05, 0) is 25.8 Å². The van der Waals surface area contributed by atoms with Crippen LogP contribution in [-0.2, 0) is 14.8 Å². The number of nitrogens with two attached hydrogens (primary N) is 1. The quantitative estimate of drug-likeness (QED) is 0.777. The molecule has 2 rings (SSSR count). The molecule has 1 aliphatic heterocycles. The van der Waals surface area contributed by atoms with E-state index in [2.05, 4.69) is 21.5 Å². The molecule has 0 spiro atoms. The smallest absolute Gasteiger partial charge is 0.242 e. The fraction of sp³-hybridized carbons (Fsp3) is 0.500. The Labute approximate surface area is 125 Å². The summed E-state index contributed by atoms with van der Waals surface area (Å²) in [5.74, 6) is 5.44. The average Bonchev–Trinajstić information content (AvgIpc) is 2.99. The first kappa shape index (κ1) is 15.9. The summed E-state index contributed by atoms with van der Waals surface area (Å²) < 4.78 is 32.8. The van der Waals surface area contributed by atoms with E-state index in [-0.39, 0.29) is 23.6 Å². The number of ether oxygens (including phenoxy) is 1. The van der Waals surface area contributed by atoms with Gasteiger partial charge in [0.25, 0.3) is 0 Å². The van der Waals surface area contributed by atoms with E-state index in [0.717, 1.165) is 12.8 Å². The summed E-state index contributed by atoms with van der Waals surface area (Å²) in [6, 6.07) is 1.21. The highest BCUT2D eigenvalue weighted by molar-refractivity contribution is 7.89. The molecule has 2 heterocycles. The molecular weight excluding hydrogens is 290 g/mol. The summed E-state index contributed by atoms with van der Waals surface area (Å²) in [5.41, 5.74) is 5.82. The van der Waals surface area contributed by atoms with E-state index in [1.165, 1.54) is 18.5 Å². The van der Waals surface area contributed by atoms with Crippen molar-refractivity contribution in [3.63, 3.8) is 0 Å². The van der Waals surface area contributed by atoms with Gasteiger partial charge in [0.15, 0.2) is 0 Å². The molecule has 1 aliphatic rings. The minimum atomic E-state index is -3.64. The van der Waals surface area contributed by atoms with Crippen molar-refractivity contribution in [3.05, 3.63) is 24.0 Å². The Morgan fingerprint density at radius 2 is 2.38 bits per heavy atom. The van der Waals surface area contributed by atoms with Crippen molar-refractivity contribution < 1.29 is 13.2 Å². The molecule has 1 aromatic rings. The van der Waals surface area contributed by atoms with Gasteiger partial charge in [-0.3, -0.25) is 4.98 Å². The zero-order valence-corrected chi connectivity index (χ0v) is 12.7. The van der Waals surface area contributed by atoms with E-state index in [1.54, 1.807) is 6.92 Å². The van der Waals surface area contributed by atoms with Crippen molar-refractivity contribution in [3.8, 4) is 11.8 Å². The molecule has 114 valence electrons. The predicted molar refractivity (Wildman–Crippen MR) is 78.9 cm³/mol. The van der Waals surface area contributed by atoms with E-state index < -0.39 is 10.0 Å². The Morgan fingerprint density at radius 1 is 1.57 bits per heavy atom. The molecule has 0 bridgehead atoms. The molecule has 0 aliphatic carbocycles. The highest BCUT2D eigenvalue weighted by Crippen LogP contribution is 2.17. The standard InChI is InChI=1S/C14H19N3O3S/c1-11(14-5-3-7-20-14)17-21(18,19)13-8-12(4-2-6-15)9-16-10-13/h8-11,14,17H,3,5-7,15H2,1H3. The summed E-state index contributed by atoms with van der Waals surface area (Å²) in [6.07, 6.45) is 4.56. The van der Waals surface area contributed by atoms with E-state index in [4.69, 9.17) is 10.5 Å². The van der Waals surface area contributed by atoms with Crippen LogP contribution >= 0.6 is 0 Å². The second-order valence-electron chi connectivity index (χ2n) is 4.88. The van der Waals surface area contributed by atoms with Crippen LogP contribution in [0.3, 0.4) is 0 Å². The van der Waals surface area contributed by atoms with E-state index in [1.807, 2.05) is 0 Å². The van der Waals surface area contributed by atoms with Gasteiger partial charge in [-0.2, -0.15) is 0 Å². The molecule has 1 fully saturated rings. The number of sulfonamides is 1. The first-order chi connectivity index (χ1) is 10.0. The van der Waals surface area contributed by atoms with Gasteiger partial charge in [-0.15, -0.1) is 0 Å². The van der Waals surface area contributed by atoms with Crippen molar-refractivity contribution in [2.45, 2.75) is 36.8 Å². The Bertz CT molecular complexity index is 643. The molecule has 0 aromatic carbocycles. The van der Waals surface area contributed by atoms with Crippen LogP contribution in [0.25, 0.3) is 0 Å². The fourth-order valence-electron chi connectivity index (χ4n) is 2.17. The number of hydrogen-bond donors (Lipinski definition) is 2. The van der Waals surface area contributed by atoms with Crippen molar-refractivity contribution in [2.75, 3.05) is 13.2 Å². The van der Waals surface area contributed by atoms with Gasteiger partial charge in [0.2, 0.25) is 10.0 Å². The van der Waals surface area contributed by atoms with Crippen LogP contribution in [0.2, 0.25) is 0 Å². The molecule has 21 heavy (non-hydrogen) atoms. The number of nitrogens with zero attached hydrogens (tertiary/aromatic N) is 1. The first-order valence-electron chi connectivity index (χ1n) is 6.81. The predicted octanol–water partition coefficient (Wildman–Crippen LogP) is 0.238. The SMILES string of the molecule is CC(NS(=O)(=O)c1cncc(C#CCN)c1)C1CCCO1. The number of pyridine rings is 1. The van der Waals surface area contributed by atoms with Gasteiger partial charge in [-0.25, -0.2) is 13.1 Å². The van der Waals surface area contributed by atoms with Crippen LogP contribution in [0.1, 0.15) is 25.3 Å². The Balaban J connectivity index is 2.15. The van der Waals surface area contributed by atoms with Crippen LogP contribution < -0.4 is 10.5 Å². The normalized spacial score (nSPS) is 19.8. The van der Waals surface area contributed by atoms with E-state index in [9.17, 15) is 8.42 Å². The molecule has 3 N–H and O–H groups in total. The third-order valence-electron chi connectivity index (χ3n) is 3.22. The molecule has 2 atom stereocenters. The minimum Gasteiger partial charge on any atom is -0.377 e. The average molecular weight is 309 g/mol. The molecule has 0 amide bonds. The lowest BCUT2D eigenvalue weighted by Crippen LogP contribution is -2.40. The maximum absolute atomic E-state index is 12.3. The van der Waals surface area contributed by atoms with Crippen LogP contribution in [-0.4, -0.2) is 38.7 Å². The largest absolute Gasteiger partial charge is 0.377 e. The molecule has 7 heteroatoms. The fourth-order valence-corrected chi connectivity index (χ4v) is 3.43. The summed E-state index contributed by atoms with van der Waals surface area (Å²) in [7, 11) is -3.64. The Hall–Kier alpha value is -1.46. The zero-order chi connectivity index (χ0) is 15.3. The van der Waals surface area contributed by atoms with Gasteiger partial charge in [0.1, 0.15) is 4.90 Å². The topological polar surface area (TPSA) is 94.3 Å². The maximum atomic E-state index is 12.3. The summed E-state index contributed by atoms with van der Waals surface area (Å²) in [4.78, 5) is 4.01. The molecular formula is C14H19N3O3S. The lowest BCUT2D eigenvalue weighted by molar-refractivity contribution is 0.0902. The highest BCUT2D eigenvalue weighted by Gasteiger charge is 2.27. The highest BCUT2D eigenvalue weighted by atomic mass is 32.2. The van der Waals surface area contributed by atoms with Gasteiger partial charge >= 0.3 is 0 Å². The number of aromatic nitrogens is 1. The van der Waals surface area contributed by atoms with Crippen molar-refractivity contribution in [1.82, 2.24) is 9.71 Å². The van der Waals surface area contributed by atoms with Gasteiger partial charge < -0.3 is 10.5 Å². The van der Waals surface area contributed by atoms with E-state index in [0.29, 0.717) is 12.2 Å². The molecule has 2 unspecified atom stereocenters. The lowest BCUT2D eigenvalue weighted by atomic mass is 10.1. The summed E-state index contributed by atoms with van der Waals surface area (Å²) in [6.45, 7) is 2.70. The number of hydrogen-bond acceptors (Lipinski definition) is 5. The molecule has 1 aromatic heterocycles. The lowest BCUT2D eigenvalue weighted by Gasteiger charge is -2.19. The zero-order valence-electron chi connectivity index (χ0n) is 11.9. The first-order valence-corrected chi connectivity index (χ1v) is 8.29. The maximum Gasteiger partial charge on any atom is 0.242 e. The molecule has 0 radical (unpaired) electrons. The Kier molecular flexibility index (Phi) is 5.31.